The van der Waals surface area contributed by atoms with Crippen molar-refractivity contribution in [1.29, 1.82) is 0 Å². The minimum Gasteiger partial charge on any atom is -0.508 e. The van der Waals surface area contributed by atoms with Crippen molar-refractivity contribution >= 4 is 11.6 Å². The fourth-order valence-corrected chi connectivity index (χ4v) is 2.55. The number of carbonyl (C=O) groups is 2. The Kier molecular flexibility index (Phi) is 4.33. The van der Waals surface area contributed by atoms with Crippen LogP contribution in [0.1, 0.15) is 31.8 Å². The molecule has 3 rings (SSSR count). The number of phenols is 4. The van der Waals surface area contributed by atoms with Crippen LogP contribution in [0.15, 0.2) is 60.7 Å². The van der Waals surface area contributed by atoms with E-state index in [1.165, 1.54) is 48.5 Å². The van der Waals surface area contributed by atoms with Gasteiger partial charge in [-0.2, -0.15) is 0 Å². The van der Waals surface area contributed by atoms with Crippen molar-refractivity contribution in [3.63, 3.8) is 0 Å². The lowest BCUT2D eigenvalue weighted by atomic mass is 9.91. The Bertz CT molecular complexity index is 906. The fraction of sp³-hybridized carbons (Fsp3) is 0. The Morgan fingerprint density at radius 2 is 0.808 bits per heavy atom. The monoisotopic (exact) mass is 350 g/mol. The van der Waals surface area contributed by atoms with Crippen LogP contribution in [0.5, 0.6) is 23.0 Å². The number of aromatic hydroxyl groups is 4. The number of ketones is 2. The van der Waals surface area contributed by atoms with Gasteiger partial charge < -0.3 is 20.4 Å². The molecule has 0 fully saturated rings. The second-order valence-electron chi connectivity index (χ2n) is 5.61. The van der Waals surface area contributed by atoms with Crippen molar-refractivity contribution in [2.45, 2.75) is 0 Å². The van der Waals surface area contributed by atoms with Gasteiger partial charge >= 0.3 is 0 Å². The molecule has 4 N–H and O–H groups in total. The molecule has 0 aliphatic carbocycles. The maximum absolute atomic E-state index is 12.8. The van der Waals surface area contributed by atoms with Gasteiger partial charge in [-0.05, 0) is 60.7 Å². The van der Waals surface area contributed by atoms with E-state index in [9.17, 15) is 30.0 Å². The topological polar surface area (TPSA) is 115 Å². The molecule has 0 bridgehead atoms. The van der Waals surface area contributed by atoms with Crippen molar-refractivity contribution in [2.75, 3.05) is 0 Å². The quantitative estimate of drug-likeness (QED) is 0.425. The zero-order valence-electron chi connectivity index (χ0n) is 13.4. The van der Waals surface area contributed by atoms with Crippen LogP contribution in [-0.2, 0) is 0 Å². The van der Waals surface area contributed by atoms with E-state index < -0.39 is 23.1 Å². The van der Waals surface area contributed by atoms with Gasteiger partial charge in [-0.3, -0.25) is 9.59 Å². The normalized spacial score (nSPS) is 10.5. The molecule has 0 unspecified atom stereocenters. The van der Waals surface area contributed by atoms with E-state index in [4.69, 9.17) is 0 Å². The predicted molar refractivity (Wildman–Crippen MR) is 92.9 cm³/mol. The molecule has 0 saturated carbocycles. The van der Waals surface area contributed by atoms with Crippen LogP contribution < -0.4 is 0 Å². The highest BCUT2D eigenvalue weighted by Crippen LogP contribution is 2.33. The first kappa shape index (κ1) is 17.0. The van der Waals surface area contributed by atoms with Gasteiger partial charge in [0.15, 0.2) is 11.6 Å². The molecule has 0 spiro atoms. The van der Waals surface area contributed by atoms with E-state index in [1.54, 1.807) is 0 Å². The van der Waals surface area contributed by atoms with Crippen LogP contribution in [0, 0.1) is 0 Å². The van der Waals surface area contributed by atoms with Crippen molar-refractivity contribution in [2.24, 2.45) is 0 Å². The third-order valence-corrected chi connectivity index (χ3v) is 3.87. The van der Waals surface area contributed by atoms with Crippen LogP contribution in [-0.4, -0.2) is 32.0 Å². The minimum absolute atomic E-state index is 0.0397. The summed E-state index contributed by atoms with van der Waals surface area (Å²) in [7, 11) is 0. The summed E-state index contributed by atoms with van der Waals surface area (Å²) < 4.78 is 0. The van der Waals surface area contributed by atoms with E-state index >= 15 is 0 Å². The van der Waals surface area contributed by atoms with Crippen molar-refractivity contribution in [3.05, 3.63) is 82.9 Å². The molecule has 6 heteroatoms. The van der Waals surface area contributed by atoms with Gasteiger partial charge in [0.1, 0.15) is 23.0 Å². The first-order valence-corrected chi connectivity index (χ1v) is 7.61. The third-order valence-electron chi connectivity index (χ3n) is 3.87. The highest BCUT2D eigenvalue weighted by atomic mass is 16.3. The zero-order chi connectivity index (χ0) is 18.8. The van der Waals surface area contributed by atoms with Crippen LogP contribution in [0.2, 0.25) is 0 Å². The first-order valence-electron chi connectivity index (χ1n) is 7.61. The number of phenolic OH excluding ortho intramolecular Hbond substituents is 4. The maximum atomic E-state index is 12.8. The molecule has 0 radical (unpaired) electrons. The summed E-state index contributed by atoms with van der Waals surface area (Å²) in [5.74, 6) is -2.35. The molecule has 0 aromatic heterocycles. The maximum Gasteiger partial charge on any atom is 0.197 e. The fourth-order valence-electron chi connectivity index (χ4n) is 2.55. The van der Waals surface area contributed by atoms with Crippen LogP contribution >= 0.6 is 0 Å². The molecule has 3 aromatic carbocycles. The molecule has 0 aliphatic rings. The van der Waals surface area contributed by atoms with Gasteiger partial charge in [0, 0.05) is 11.1 Å². The average Bonchev–Trinajstić information content (AvgIpc) is 2.63. The Hall–Kier alpha value is -3.80. The average molecular weight is 350 g/mol. The summed E-state index contributed by atoms with van der Waals surface area (Å²) in [4.78, 5) is 25.6. The van der Waals surface area contributed by atoms with E-state index in [1.807, 2.05) is 0 Å². The zero-order valence-corrected chi connectivity index (χ0v) is 13.4. The number of rotatable bonds is 4. The van der Waals surface area contributed by atoms with Gasteiger partial charge in [0.2, 0.25) is 0 Å². The molecule has 0 heterocycles. The molecule has 26 heavy (non-hydrogen) atoms. The van der Waals surface area contributed by atoms with Gasteiger partial charge in [-0.25, -0.2) is 0 Å². The Morgan fingerprint density at radius 3 is 1.12 bits per heavy atom. The van der Waals surface area contributed by atoms with Crippen LogP contribution in [0.4, 0.5) is 0 Å². The lowest BCUT2D eigenvalue weighted by Gasteiger charge is -2.12. The van der Waals surface area contributed by atoms with Gasteiger partial charge in [0.05, 0.1) is 11.1 Å². The molecule has 0 aliphatic heterocycles. The smallest absolute Gasteiger partial charge is 0.197 e. The molecule has 6 nitrogen and oxygen atoms in total. The standard InChI is InChI=1S/C20H14O6/c21-13-5-1-11(2-6-13)19(25)17-15(23)9-10-16(24)18(17)20(26)12-3-7-14(22)8-4-12/h1-10,21-24H. The lowest BCUT2D eigenvalue weighted by Crippen LogP contribution is -2.12. The molecular weight excluding hydrogens is 336 g/mol. The highest BCUT2D eigenvalue weighted by Gasteiger charge is 2.26. The van der Waals surface area contributed by atoms with Crippen LogP contribution in [0.25, 0.3) is 0 Å². The van der Waals surface area contributed by atoms with Crippen molar-refractivity contribution in [3.8, 4) is 23.0 Å². The number of hydrogen-bond acceptors (Lipinski definition) is 6. The predicted octanol–water partition coefficient (Wildman–Crippen LogP) is 2.97. The second-order valence-corrected chi connectivity index (χ2v) is 5.61. The van der Waals surface area contributed by atoms with E-state index in [0.29, 0.717) is 0 Å². The SMILES string of the molecule is O=C(c1ccc(O)cc1)c1c(O)ccc(O)c1C(=O)c1ccc(O)cc1. The highest BCUT2D eigenvalue weighted by molar-refractivity contribution is 6.22. The van der Waals surface area contributed by atoms with Gasteiger partial charge in [-0.1, -0.05) is 0 Å². The molecule has 0 atom stereocenters. The Balaban J connectivity index is 2.15. The number of benzene rings is 3. The summed E-state index contributed by atoms with van der Waals surface area (Å²) in [6.45, 7) is 0. The molecular formula is C20H14O6. The third kappa shape index (κ3) is 3.08. The van der Waals surface area contributed by atoms with Gasteiger partial charge in [0.25, 0.3) is 0 Å². The van der Waals surface area contributed by atoms with Crippen molar-refractivity contribution < 1.29 is 30.0 Å². The lowest BCUT2D eigenvalue weighted by molar-refractivity contribution is 0.0998. The number of carbonyl (C=O) groups excluding carboxylic acids is 2. The molecule has 130 valence electrons. The van der Waals surface area contributed by atoms with E-state index in [-0.39, 0.29) is 33.8 Å². The number of hydrogen-bond donors (Lipinski definition) is 4. The Labute approximate surface area is 148 Å². The second kappa shape index (κ2) is 6.60. The Morgan fingerprint density at radius 1 is 0.500 bits per heavy atom. The summed E-state index contributed by atoms with van der Waals surface area (Å²) in [6.07, 6.45) is 0. The first-order chi connectivity index (χ1) is 12.4. The van der Waals surface area contributed by atoms with Crippen molar-refractivity contribution in [1.82, 2.24) is 0 Å². The van der Waals surface area contributed by atoms with Gasteiger partial charge in [-0.15, -0.1) is 0 Å². The molecule has 3 aromatic rings. The summed E-state index contributed by atoms with van der Waals surface area (Å²) in [5.41, 5.74) is -0.422. The largest absolute Gasteiger partial charge is 0.508 e. The summed E-state index contributed by atoms with van der Waals surface area (Å²) >= 11 is 0. The summed E-state index contributed by atoms with van der Waals surface area (Å²) in [6, 6.07) is 12.8. The summed E-state index contributed by atoms with van der Waals surface area (Å²) in [5, 5.41) is 39.0. The minimum atomic E-state index is -0.680. The molecule has 0 saturated heterocycles. The van der Waals surface area contributed by atoms with E-state index in [2.05, 4.69) is 0 Å². The van der Waals surface area contributed by atoms with Crippen LogP contribution in [0.3, 0.4) is 0 Å². The van der Waals surface area contributed by atoms with E-state index in [0.717, 1.165) is 12.1 Å². The molecule has 0 amide bonds.